The van der Waals surface area contributed by atoms with E-state index in [-0.39, 0.29) is 18.4 Å². The molecule has 0 unspecified atom stereocenters. The first kappa shape index (κ1) is 7.21. The molecule has 1 radical (unpaired) electrons. The largest absolute Gasteiger partial charge is 0.297 e. The van der Waals surface area contributed by atoms with E-state index in [0.29, 0.717) is 13.0 Å². The molecule has 0 aromatic carbocycles. The third kappa shape index (κ3) is 1.80. The Morgan fingerprint density at radius 3 is 2.80 bits per heavy atom. The Kier molecular flexibility index (Phi) is 2.01. The normalized spacial score (nSPS) is 22.1. The van der Waals surface area contributed by atoms with Crippen molar-refractivity contribution in [3.8, 4) is 0 Å². The van der Waals surface area contributed by atoms with Crippen LogP contribution >= 0.6 is 0 Å². The molecular formula is C6H9N2O2. The van der Waals surface area contributed by atoms with E-state index in [1.165, 1.54) is 0 Å². The number of hydrogen-bond donors (Lipinski definition) is 0. The van der Waals surface area contributed by atoms with Crippen molar-refractivity contribution in [2.75, 3.05) is 20.1 Å². The van der Waals surface area contributed by atoms with Gasteiger partial charge >= 0.3 is 0 Å². The second-order valence-electron chi connectivity index (χ2n) is 2.39. The van der Waals surface area contributed by atoms with Gasteiger partial charge in [0.15, 0.2) is 0 Å². The average molecular weight is 141 g/mol. The molecule has 10 heavy (non-hydrogen) atoms. The summed E-state index contributed by atoms with van der Waals surface area (Å²) in [6.07, 6.45) is 0.363. The van der Waals surface area contributed by atoms with Gasteiger partial charge in [0.1, 0.15) is 0 Å². The Morgan fingerprint density at radius 1 is 1.40 bits per heavy atom. The first-order valence-corrected chi connectivity index (χ1v) is 3.14. The number of nitrogens with zero attached hydrogens (tertiary/aromatic N) is 2. The Hall–Kier alpha value is -0.900. The fourth-order valence-corrected chi connectivity index (χ4v) is 0.827. The summed E-state index contributed by atoms with van der Waals surface area (Å²) in [5.74, 6) is -0.626. The second-order valence-corrected chi connectivity index (χ2v) is 2.39. The topological polar surface area (TPSA) is 51.5 Å². The summed E-state index contributed by atoms with van der Waals surface area (Å²) in [4.78, 5) is 23.1. The van der Waals surface area contributed by atoms with Gasteiger partial charge in [0.05, 0.1) is 6.54 Å². The van der Waals surface area contributed by atoms with Gasteiger partial charge in [-0.05, 0) is 7.05 Å². The predicted octanol–water partition coefficient (Wildman–Crippen LogP) is -1.02. The maximum atomic E-state index is 10.7. The molecule has 0 aromatic rings. The van der Waals surface area contributed by atoms with E-state index in [1.54, 1.807) is 11.9 Å². The van der Waals surface area contributed by atoms with E-state index in [4.69, 9.17) is 0 Å². The molecule has 0 saturated carbocycles. The minimum absolute atomic E-state index is 0.270. The fourth-order valence-electron chi connectivity index (χ4n) is 0.827. The molecule has 1 heterocycles. The van der Waals surface area contributed by atoms with E-state index < -0.39 is 0 Å². The Morgan fingerprint density at radius 2 is 2.10 bits per heavy atom. The number of rotatable bonds is 0. The van der Waals surface area contributed by atoms with Crippen LogP contribution in [0.4, 0.5) is 0 Å². The van der Waals surface area contributed by atoms with Crippen LogP contribution in [0, 0.1) is 0 Å². The summed E-state index contributed by atoms with van der Waals surface area (Å²) in [7, 11) is 1.80. The van der Waals surface area contributed by atoms with Gasteiger partial charge in [-0.3, -0.25) is 14.5 Å². The zero-order valence-corrected chi connectivity index (χ0v) is 5.83. The molecule has 0 spiro atoms. The number of carbonyl (C=O) groups is 2. The highest BCUT2D eigenvalue weighted by Crippen LogP contribution is 1.93. The number of imide groups is 1. The lowest BCUT2D eigenvalue weighted by molar-refractivity contribution is -0.129. The Labute approximate surface area is 59.2 Å². The molecule has 0 aromatic heterocycles. The van der Waals surface area contributed by atoms with Crippen molar-refractivity contribution < 1.29 is 9.59 Å². The third-order valence-corrected chi connectivity index (χ3v) is 1.36. The number of hydrogen-bond acceptors (Lipinski definition) is 3. The first-order valence-electron chi connectivity index (χ1n) is 3.14. The smallest absolute Gasteiger partial charge is 0.262 e. The van der Waals surface area contributed by atoms with E-state index in [1.807, 2.05) is 0 Å². The Bertz CT molecular complexity index is 167. The first-order chi connectivity index (χ1) is 4.68. The minimum atomic E-state index is -0.329. The average Bonchev–Trinajstić information content (AvgIpc) is 1.93. The van der Waals surface area contributed by atoms with Crippen molar-refractivity contribution in [1.82, 2.24) is 10.2 Å². The number of likely N-dealkylation sites (N-methyl/N-ethyl adjacent to an activating group) is 1. The summed E-state index contributed by atoms with van der Waals surface area (Å²) in [6, 6.07) is 0. The van der Waals surface area contributed by atoms with Crippen LogP contribution in [0.1, 0.15) is 6.42 Å². The molecule has 1 fully saturated rings. The van der Waals surface area contributed by atoms with Gasteiger partial charge in [-0.2, -0.15) is 5.32 Å². The molecule has 0 bridgehead atoms. The van der Waals surface area contributed by atoms with Crippen LogP contribution in [-0.4, -0.2) is 36.9 Å². The fraction of sp³-hybridized carbons (Fsp3) is 0.667. The molecule has 0 atom stereocenters. The summed E-state index contributed by atoms with van der Waals surface area (Å²) in [5, 5.41) is 3.31. The lowest BCUT2D eigenvalue weighted by Crippen LogP contribution is -2.27. The van der Waals surface area contributed by atoms with Crippen molar-refractivity contribution in [3.05, 3.63) is 0 Å². The SMILES string of the molecule is CN1CCC(=O)[N]C(=O)C1. The van der Waals surface area contributed by atoms with Crippen molar-refractivity contribution in [2.24, 2.45) is 0 Å². The second kappa shape index (κ2) is 2.79. The lowest BCUT2D eigenvalue weighted by atomic mass is 10.4. The van der Waals surface area contributed by atoms with Crippen molar-refractivity contribution in [1.29, 1.82) is 0 Å². The standard InChI is InChI=1S/C6H9N2O2/c1-8-3-2-5(9)7-6(10)4-8/h2-4H2,1H3. The molecule has 2 amide bonds. The third-order valence-electron chi connectivity index (χ3n) is 1.36. The van der Waals surface area contributed by atoms with E-state index >= 15 is 0 Å². The lowest BCUT2D eigenvalue weighted by Gasteiger charge is -2.07. The van der Waals surface area contributed by atoms with E-state index in [2.05, 4.69) is 5.32 Å². The molecule has 0 aliphatic carbocycles. The van der Waals surface area contributed by atoms with E-state index in [9.17, 15) is 9.59 Å². The maximum absolute atomic E-state index is 10.7. The molecule has 1 aliphatic heterocycles. The maximum Gasteiger partial charge on any atom is 0.262 e. The molecular weight excluding hydrogens is 132 g/mol. The van der Waals surface area contributed by atoms with Gasteiger partial charge in [0.25, 0.3) is 5.91 Å². The number of carbonyl (C=O) groups excluding carboxylic acids is 2. The minimum Gasteiger partial charge on any atom is -0.297 e. The molecule has 1 rings (SSSR count). The highest BCUT2D eigenvalue weighted by Gasteiger charge is 2.17. The summed E-state index contributed by atoms with van der Waals surface area (Å²) in [5.41, 5.74) is 0. The van der Waals surface area contributed by atoms with Gasteiger partial charge in [-0.1, -0.05) is 0 Å². The summed E-state index contributed by atoms with van der Waals surface area (Å²) in [6.45, 7) is 0.903. The molecule has 4 nitrogen and oxygen atoms in total. The van der Waals surface area contributed by atoms with Crippen molar-refractivity contribution in [3.63, 3.8) is 0 Å². The van der Waals surface area contributed by atoms with E-state index in [0.717, 1.165) is 0 Å². The zero-order valence-electron chi connectivity index (χ0n) is 5.83. The van der Waals surface area contributed by atoms with Crippen molar-refractivity contribution in [2.45, 2.75) is 6.42 Å². The van der Waals surface area contributed by atoms with Crippen molar-refractivity contribution >= 4 is 11.8 Å². The van der Waals surface area contributed by atoms with Crippen LogP contribution in [-0.2, 0) is 9.59 Å². The van der Waals surface area contributed by atoms with Crippen LogP contribution in [0.5, 0.6) is 0 Å². The molecule has 0 N–H and O–H groups in total. The zero-order chi connectivity index (χ0) is 7.56. The highest BCUT2D eigenvalue weighted by atomic mass is 16.2. The monoisotopic (exact) mass is 141 g/mol. The van der Waals surface area contributed by atoms with Crippen LogP contribution in [0.15, 0.2) is 0 Å². The van der Waals surface area contributed by atoms with Crippen LogP contribution < -0.4 is 5.32 Å². The Balaban J connectivity index is 2.54. The van der Waals surface area contributed by atoms with Crippen LogP contribution in [0.25, 0.3) is 0 Å². The molecule has 1 saturated heterocycles. The summed E-state index contributed by atoms with van der Waals surface area (Å²) < 4.78 is 0. The van der Waals surface area contributed by atoms with Crippen LogP contribution in [0.3, 0.4) is 0 Å². The van der Waals surface area contributed by atoms with Gasteiger partial charge < -0.3 is 0 Å². The van der Waals surface area contributed by atoms with Gasteiger partial charge in [0, 0.05) is 13.0 Å². The number of amides is 2. The summed E-state index contributed by atoms with van der Waals surface area (Å²) >= 11 is 0. The van der Waals surface area contributed by atoms with Gasteiger partial charge in [0.2, 0.25) is 5.91 Å². The molecule has 55 valence electrons. The highest BCUT2D eigenvalue weighted by molar-refractivity contribution is 5.96. The molecule has 1 aliphatic rings. The quantitative estimate of drug-likeness (QED) is 0.406. The predicted molar refractivity (Wildman–Crippen MR) is 34.3 cm³/mol. The van der Waals surface area contributed by atoms with Gasteiger partial charge in [-0.15, -0.1) is 0 Å². The van der Waals surface area contributed by atoms with Crippen LogP contribution in [0.2, 0.25) is 0 Å². The van der Waals surface area contributed by atoms with Gasteiger partial charge in [-0.25, -0.2) is 0 Å². The molecule has 4 heteroatoms.